The van der Waals surface area contributed by atoms with Crippen LogP contribution >= 0.6 is 0 Å². The highest BCUT2D eigenvalue weighted by molar-refractivity contribution is 5.38. The quantitative estimate of drug-likeness (QED) is 0.822. The summed E-state index contributed by atoms with van der Waals surface area (Å²) >= 11 is 0. The first-order valence-corrected chi connectivity index (χ1v) is 5.87. The van der Waals surface area contributed by atoms with Crippen LogP contribution in [-0.4, -0.2) is 20.7 Å². The number of benzene rings is 1. The molecule has 4 heteroatoms. The molecule has 17 heavy (non-hydrogen) atoms. The topological polar surface area (TPSA) is 47.3 Å². The monoisotopic (exact) mass is 238 g/mol. The van der Waals surface area contributed by atoms with Crippen molar-refractivity contribution in [3.63, 3.8) is 0 Å². The molecule has 2 rings (SSSR count). The lowest BCUT2D eigenvalue weighted by Crippen LogP contribution is -2.32. The molecule has 1 aliphatic carbocycles. The van der Waals surface area contributed by atoms with Gasteiger partial charge in [-0.3, -0.25) is 0 Å². The van der Waals surface area contributed by atoms with E-state index >= 15 is 0 Å². The standard InChI is InChI=1S/C13H19FN2O/c1-16-12(13(8-15)5-6-13)10-7-9(14)3-4-11(10)17-2/h3-4,7,12,16H,5-6,8,15H2,1-2H3. The van der Waals surface area contributed by atoms with Gasteiger partial charge in [0.2, 0.25) is 0 Å². The van der Waals surface area contributed by atoms with Crippen molar-refractivity contribution in [3.05, 3.63) is 29.6 Å². The lowest BCUT2D eigenvalue weighted by Gasteiger charge is -2.27. The molecule has 3 nitrogen and oxygen atoms in total. The second kappa shape index (κ2) is 4.63. The van der Waals surface area contributed by atoms with Gasteiger partial charge in [0.25, 0.3) is 0 Å². The predicted octanol–water partition coefficient (Wildman–Crippen LogP) is 1.83. The van der Waals surface area contributed by atoms with Gasteiger partial charge in [0, 0.05) is 17.0 Å². The highest BCUT2D eigenvalue weighted by Gasteiger charge is 2.49. The molecule has 0 bridgehead atoms. The van der Waals surface area contributed by atoms with E-state index in [1.54, 1.807) is 13.2 Å². The third-order valence-electron chi connectivity index (χ3n) is 3.70. The molecule has 0 aromatic heterocycles. The molecule has 94 valence electrons. The van der Waals surface area contributed by atoms with Crippen molar-refractivity contribution in [2.75, 3.05) is 20.7 Å². The van der Waals surface area contributed by atoms with Crippen molar-refractivity contribution in [1.82, 2.24) is 5.32 Å². The van der Waals surface area contributed by atoms with Crippen molar-refractivity contribution >= 4 is 0 Å². The SMILES string of the molecule is CNC(c1cc(F)ccc1OC)C1(CN)CC1. The number of hydrogen-bond acceptors (Lipinski definition) is 3. The maximum atomic E-state index is 13.4. The number of ether oxygens (including phenoxy) is 1. The number of rotatable bonds is 5. The van der Waals surface area contributed by atoms with E-state index in [4.69, 9.17) is 10.5 Å². The predicted molar refractivity (Wildman–Crippen MR) is 65.5 cm³/mol. The second-order valence-corrected chi connectivity index (χ2v) is 4.67. The van der Waals surface area contributed by atoms with Crippen LogP contribution < -0.4 is 15.8 Å². The molecule has 1 aromatic carbocycles. The largest absolute Gasteiger partial charge is 0.496 e. The van der Waals surface area contributed by atoms with Gasteiger partial charge in [0.15, 0.2) is 0 Å². The lowest BCUT2D eigenvalue weighted by atomic mass is 9.89. The van der Waals surface area contributed by atoms with Crippen LogP contribution in [0.3, 0.4) is 0 Å². The average Bonchev–Trinajstić information content (AvgIpc) is 3.11. The zero-order chi connectivity index (χ0) is 12.5. The summed E-state index contributed by atoms with van der Waals surface area (Å²) in [5, 5.41) is 3.25. The molecular weight excluding hydrogens is 219 g/mol. The summed E-state index contributed by atoms with van der Waals surface area (Å²) in [6.45, 7) is 0.609. The molecule has 1 aromatic rings. The van der Waals surface area contributed by atoms with Crippen LogP contribution in [0.5, 0.6) is 5.75 Å². The first-order valence-electron chi connectivity index (χ1n) is 5.87. The van der Waals surface area contributed by atoms with Gasteiger partial charge < -0.3 is 15.8 Å². The van der Waals surface area contributed by atoms with E-state index in [1.807, 2.05) is 7.05 Å². The summed E-state index contributed by atoms with van der Waals surface area (Å²) in [7, 11) is 3.48. The van der Waals surface area contributed by atoms with E-state index in [1.165, 1.54) is 12.1 Å². The number of hydrogen-bond donors (Lipinski definition) is 2. The molecule has 1 atom stereocenters. The molecule has 3 N–H and O–H groups in total. The lowest BCUT2D eigenvalue weighted by molar-refractivity contribution is 0.342. The summed E-state index contributed by atoms with van der Waals surface area (Å²) in [4.78, 5) is 0. The summed E-state index contributed by atoms with van der Waals surface area (Å²) in [6.07, 6.45) is 2.16. The molecule has 1 aliphatic rings. The first-order chi connectivity index (χ1) is 8.16. The number of halogens is 1. The molecule has 1 saturated carbocycles. The van der Waals surface area contributed by atoms with E-state index in [0.29, 0.717) is 12.3 Å². The van der Waals surface area contributed by atoms with Crippen LogP contribution in [0.15, 0.2) is 18.2 Å². The molecule has 1 unspecified atom stereocenters. The minimum Gasteiger partial charge on any atom is -0.496 e. The van der Waals surface area contributed by atoms with Crippen molar-refractivity contribution < 1.29 is 9.13 Å². The highest BCUT2D eigenvalue weighted by Crippen LogP contribution is 2.55. The third kappa shape index (κ3) is 2.15. The Morgan fingerprint density at radius 1 is 1.53 bits per heavy atom. The molecule has 0 aliphatic heterocycles. The maximum absolute atomic E-state index is 13.4. The Labute approximate surface area is 101 Å². The summed E-state index contributed by atoms with van der Waals surface area (Å²) in [5.74, 6) is 0.472. The number of nitrogens with two attached hydrogens (primary N) is 1. The van der Waals surface area contributed by atoms with Crippen LogP contribution in [-0.2, 0) is 0 Å². The van der Waals surface area contributed by atoms with Crippen LogP contribution in [0.4, 0.5) is 4.39 Å². The average molecular weight is 238 g/mol. The Morgan fingerprint density at radius 3 is 2.71 bits per heavy atom. The minimum absolute atomic E-state index is 0.0538. The molecule has 1 fully saturated rings. The zero-order valence-electron chi connectivity index (χ0n) is 10.3. The van der Waals surface area contributed by atoms with Gasteiger partial charge in [-0.25, -0.2) is 4.39 Å². The minimum atomic E-state index is -0.242. The van der Waals surface area contributed by atoms with Crippen LogP contribution in [0, 0.1) is 11.2 Å². The van der Waals surface area contributed by atoms with E-state index < -0.39 is 0 Å². The van der Waals surface area contributed by atoms with Crippen molar-refractivity contribution in [1.29, 1.82) is 0 Å². The van der Waals surface area contributed by atoms with Crippen LogP contribution in [0.2, 0.25) is 0 Å². The summed E-state index contributed by atoms with van der Waals surface area (Å²) in [5.41, 5.74) is 6.76. The molecule has 0 heterocycles. The van der Waals surface area contributed by atoms with Crippen molar-refractivity contribution in [2.24, 2.45) is 11.1 Å². The fourth-order valence-electron chi connectivity index (χ4n) is 2.49. The Bertz CT molecular complexity index is 404. The fraction of sp³-hybridized carbons (Fsp3) is 0.538. The normalized spacial score (nSPS) is 18.8. The van der Waals surface area contributed by atoms with E-state index in [0.717, 1.165) is 18.4 Å². The van der Waals surface area contributed by atoms with Crippen molar-refractivity contribution in [2.45, 2.75) is 18.9 Å². The Kier molecular flexibility index (Phi) is 3.35. The number of nitrogens with one attached hydrogen (secondary N) is 1. The van der Waals surface area contributed by atoms with Gasteiger partial charge in [-0.1, -0.05) is 0 Å². The van der Waals surface area contributed by atoms with Gasteiger partial charge >= 0.3 is 0 Å². The Balaban J connectivity index is 2.39. The summed E-state index contributed by atoms with van der Waals surface area (Å²) < 4.78 is 18.7. The first kappa shape index (κ1) is 12.3. The molecular formula is C13H19FN2O. The van der Waals surface area contributed by atoms with Gasteiger partial charge in [0.05, 0.1) is 7.11 Å². The van der Waals surface area contributed by atoms with E-state index in [9.17, 15) is 4.39 Å². The van der Waals surface area contributed by atoms with Gasteiger partial charge in [-0.15, -0.1) is 0 Å². The van der Waals surface area contributed by atoms with Gasteiger partial charge in [-0.2, -0.15) is 0 Å². The summed E-state index contributed by atoms with van der Waals surface area (Å²) in [6, 6.07) is 4.67. The molecule has 0 saturated heterocycles. The second-order valence-electron chi connectivity index (χ2n) is 4.67. The fourth-order valence-corrected chi connectivity index (χ4v) is 2.49. The van der Waals surface area contributed by atoms with Crippen LogP contribution in [0.1, 0.15) is 24.4 Å². The number of methoxy groups -OCH3 is 1. The molecule has 0 amide bonds. The smallest absolute Gasteiger partial charge is 0.123 e. The highest BCUT2D eigenvalue weighted by atomic mass is 19.1. The van der Waals surface area contributed by atoms with Crippen LogP contribution in [0.25, 0.3) is 0 Å². The molecule has 0 radical (unpaired) electrons. The van der Waals surface area contributed by atoms with E-state index in [-0.39, 0.29) is 17.3 Å². The Morgan fingerprint density at radius 2 is 2.24 bits per heavy atom. The maximum Gasteiger partial charge on any atom is 0.123 e. The molecule has 0 spiro atoms. The van der Waals surface area contributed by atoms with E-state index in [2.05, 4.69) is 5.32 Å². The zero-order valence-corrected chi connectivity index (χ0v) is 10.3. The Hall–Kier alpha value is -1.13. The van der Waals surface area contributed by atoms with Gasteiger partial charge in [-0.05, 0) is 44.6 Å². The van der Waals surface area contributed by atoms with Crippen molar-refractivity contribution in [3.8, 4) is 5.75 Å². The van der Waals surface area contributed by atoms with Gasteiger partial charge in [0.1, 0.15) is 11.6 Å². The third-order valence-corrected chi connectivity index (χ3v) is 3.70.